The van der Waals surface area contributed by atoms with E-state index in [1.807, 2.05) is 20.8 Å². The molecule has 0 aliphatic heterocycles. The summed E-state index contributed by atoms with van der Waals surface area (Å²) in [5.41, 5.74) is -1.33. The van der Waals surface area contributed by atoms with Gasteiger partial charge in [-0.1, -0.05) is 12.1 Å². The maximum atomic E-state index is 12.3. The van der Waals surface area contributed by atoms with Crippen molar-refractivity contribution in [1.29, 1.82) is 0 Å². The number of nitrogens with one attached hydrogen (secondary N) is 3. The number of H-pyrrole nitrogens is 1. The lowest BCUT2D eigenvalue weighted by Gasteiger charge is -2.20. The largest absolute Gasteiger partial charge is 0.350 e. The topological polar surface area (TPSA) is 113 Å². The molecule has 1 aromatic carbocycles. The van der Waals surface area contributed by atoms with Crippen molar-refractivity contribution in [3.8, 4) is 0 Å². The van der Waals surface area contributed by atoms with Crippen LogP contribution in [-0.4, -0.2) is 33.7 Å². The van der Waals surface area contributed by atoms with E-state index in [0.717, 1.165) is 4.68 Å². The first kappa shape index (κ1) is 17.5. The van der Waals surface area contributed by atoms with E-state index < -0.39 is 22.6 Å². The lowest BCUT2D eigenvalue weighted by molar-refractivity contribution is -0.127. The number of aromatic amines is 1. The first-order valence-electron chi connectivity index (χ1n) is 7.47. The highest BCUT2D eigenvalue weighted by Gasteiger charge is 2.15. The van der Waals surface area contributed by atoms with Gasteiger partial charge >= 0.3 is 0 Å². The summed E-state index contributed by atoms with van der Waals surface area (Å²) in [7, 11) is 0. The van der Waals surface area contributed by atoms with Crippen molar-refractivity contribution in [2.24, 2.45) is 0 Å². The molecule has 0 saturated heterocycles. The van der Waals surface area contributed by atoms with Crippen molar-refractivity contribution in [2.45, 2.75) is 32.9 Å². The molecular formula is C16H20N4O4. The monoisotopic (exact) mass is 332 g/mol. The third kappa shape index (κ3) is 4.31. The molecule has 0 atom stereocenters. The molecule has 0 radical (unpaired) electrons. The van der Waals surface area contributed by atoms with Crippen LogP contribution in [0.25, 0.3) is 10.8 Å². The number of carbonyl (C=O) groups is 2. The van der Waals surface area contributed by atoms with Gasteiger partial charge in [0.15, 0.2) is 0 Å². The third-order valence-electron chi connectivity index (χ3n) is 3.15. The minimum absolute atomic E-state index is 0.206. The maximum Gasteiger partial charge on any atom is 0.273 e. The Balaban J connectivity index is 2.09. The van der Waals surface area contributed by atoms with Crippen molar-refractivity contribution in [3.63, 3.8) is 0 Å². The molecule has 0 unspecified atom stereocenters. The predicted molar refractivity (Wildman–Crippen MR) is 89.7 cm³/mol. The van der Waals surface area contributed by atoms with Gasteiger partial charge < -0.3 is 10.6 Å². The minimum Gasteiger partial charge on any atom is -0.350 e. The molecule has 2 aromatic rings. The zero-order valence-electron chi connectivity index (χ0n) is 13.8. The maximum absolute atomic E-state index is 12.3. The van der Waals surface area contributed by atoms with Crippen molar-refractivity contribution < 1.29 is 9.59 Å². The Hall–Kier alpha value is -2.90. The van der Waals surface area contributed by atoms with Crippen LogP contribution in [0, 0.1) is 0 Å². The molecule has 8 heteroatoms. The quantitative estimate of drug-likeness (QED) is 0.714. The molecule has 2 amide bonds. The second-order valence-electron chi connectivity index (χ2n) is 6.45. The van der Waals surface area contributed by atoms with Gasteiger partial charge in [0, 0.05) is 5.54 Å². The van der Waals surface area contributed by atoms with Gasteiger partial charge in [0.2, 0.25) is 11.8 Å². The number of aromatic nitrogens is 2. The predicted octanol–water partition coefficient (Wildman–Crippen LogP) is -0.279. The van der Waals surface area contributed by atoms with Crippen molar-refractivity contribution in [1.82, 2.24) is 20.4 Å². The van der Waals surface area contributed by atoms with Gasteiger partial charge in [-0.15, -0.1) is 0 Å². The minimum atomic E-state index is -0.549. The van der Waals surface area contributed by atoms with Crippen LogP contribution >= 0.6 is 0 Å². The van der Waals surface area contributed by atoms with Crippen molar-refractivity contribution in [3.05, 3.63) is 45.0 Å². The number of rotatable bonds is 4. The number of benzene rings is 1. The fraction of sp³-hybridized carbons (Fsp3) is 0.375. The number of amides is 2. The molecular weight excluding hydrogens is 312 g/mol. The van der Waals surface area contributed by atoms with E-state index in [1.165, 1.54) is 12.1 Å². The van der Waals surface area contributed by atoms with E-state index in [2.05, 4.69) is 15.7 Å². The first-order valence-corrected chi connectivity index (χ1v) is 7.47. The highest BCUT2D eigenvalue weighted by molar-refractivity contribution is 5.85. The Morgan fingerprint density at radius 1 is 1.08 bits per heavy atom. The van der Waals surface area contributed by atoms with Crippen LogP contribution in [0.15, 0.2) is 33.9 Å². The number of carbonyl (C=O) groups excluding carboxylic acids is 2. The lowest BCUT2D eigenvalue weighted by Crippen LogP contribution is -2.46. The van der Waals surface area contributed by atoms with Gasteiger partial charge in [-0.3, -0.25) is 24.3 Å². The normalized spacial score (nSPS) is 11.3. The SMILES string of the molecule is CC(C)(C)NC(=O)CNC(=O)Cn1[nH]c(=O)c2ccccc2c1=O. The molecule has 0 bridgehead atoms. The van der Waals surface area contributed by atoms with E-state index in [-0.39, 0.29) is 29.8 Å². The second kappa shape index (κ2) is 6.69. The van der Waals surface area contributed by atoms with Crippen LogP contribution in [0.4, 0.5) is 0 Å². The number of hydrogen-bond acceptors (Lipinski definition) is 4. The highest BCUT2D eigenvalue weighted by atomic mass is 16.2. The molecule has 1 heterocycles. The smallest absolute Gasteiger partial charge is 0.273 e. The van der Waals surface area contributed by atoms with Crippen LogP contribution in [0.5, 0.6) is 0 Å². The summed E-state index contributed by atoms with van der Waals surface area (Å²) in [6.45, 7) is 4.90. The lowest BCUT2D eigenvalue weighted by atomic mass is 10.1. The van der Waals surface area contributed by atoms with E-state index in [9.17, 15) is 19.2 Å². The Kier molecular flexibility index (Phi) is 4.87. The fourth-order valence-electron chi connectivity index (χ4n) is 2.20. The summed E-state index contributed by atoms with van der Waals surface area (Å²) in [5, 5.41) is 7.98. The summed E-state index contributed by atoms with van der Waals surface area (Å²) >= 11 is 0. The van der Waals surface area contributed by atoms with Gasteiger partial charge in [0.05, 0.1) is 17.3 Å². The molecule has 2 rings (SSSR count). The molecule has 8 nitrogen and oxygen atoms in total. The average molecular weight is 332 g/mol. The Morgan fingerprint density at radius 2 is 1.71 bits per heavy atom. The zero-order chi connectivity index (χ0) is 17.9. The molecule has 0 aliphatic rings. The molecule has 0 saturated carbocycles. The standard InChI is InChI=1S/C16H20N4O4/c1-16(2,3)18-12(21)8-17-13(22)9-20-15(24)11-7-5-4-6-10(11)14(23)19-20/h4-7H,8-9H2,1-3H3,(H,17,22)(H,18,21)(H,19,23). The summed E-state index contributed by atoms with van der Waals surface area (Å²) < 4.78 is 0.932. The first-order chi connectivity index (χ1) is 11.2. The number of hydrogen-bond donors (Lipinski definition) is 3. The third-order valence-corrected chi connectivity index (χ3v) is 3.15. The average Bonchev–Trinajstić information content (AvgIpc) is 2.49. The number of nitrogens with zero attached hydrogens (tertiary/aromatic N) is 1. The summed E-state index contributed by atoms with van der Waals surface area (Å²) in [6, 6.07) is 6.36. The van der Waals surface area contributed by atoms with Crippen LogP contribution in [0.1, 0.15) is 20.8 Å². The van der Waals surface area contributed by atoms with E-state index in [1.54, 1.807) is 12.1 Å². The molecule has 3 N–H and O–H groups in total. The molecule has 1 aromatic heterocycles. The Bertz CT molecular complexity index is 889. The van der Waals surface area contributed by atoms with Crippen LogP contribution < -0.4 is 21.8 Å². The van der Waals surface area contributed by atoms with Crippen LogP contribution in [-0.2, 0) is 16.1 Å². The zero-order valence-corrected chi connectivity index (χ0v) is 13.8. The van der Waals surface area contributed by atoms with Gasteiger partial charge in [0.25, 0.3) is 11.1 Å². The fourth-order valence-corrected chi connectivity index (χ4v) is 2.20. The van der Waals surface area contributed by atoms with E-state index in [4.69, 9.17) is 0 Å². The van der Waals surface area contributed by atoms with E-state index >= 15 is 0 Å². The Labute approximate surface area is 137 Å². The van der Waals surface area contributed by atoms with Crippen LogP contribution in [0.2, 0.25) is 0 Å². The van der Waals surface area contributed by atoms with Crippen LogP contribution in [0.3, 0.4) is 0 Å². The highest BCUT2D eigenvalue weighted by Crippen LogP contribution is 2.02. The molecule has 24 heavy (non-hydrogen) atoms. The Morgan fingerprint density at radius 3 is 2.33 bits per heavy atom. The number of fused-ring (bicyclic) bond motifs is 1. The van der Waals surface area contributed by atoms with E-state index in [0.29, 0.717) is 0 Å². The van der Waals surface area contributed by atoms with Crippen molar-refractivity contribution >= 4 is 22.6 Å². The molecule has 128 valence electrons. The summed E-state index contributed by atoms with van der Waals surface area (Å²) in [4.78, 5) is 47.8. The van der Waals surface area contributed by atoms with Gasteiger partial charge in [0.1, 0.15) is 6.54 Å². The molecule has 0 fully saturated rings. The molecule has 0 spiro atoms. The summed E-state index contributed by atoms with van der Waals surface area (Å²) in [6.07, 6.45) is 0. The van der Waals surface area contributed by atoms with Crippen molar-refractivity contribution in [2.75, 3.05) is 6.54 Å². The van der Waals surface area contributed by atoms with Gasteiger partial charge in [-0.2, -0.15) is 0 Å². The summed E-state index contributed by atoms with van der Waals surface area (Å²) in [5.74, 6) is -0.887. The second-order valence-corrected chi connectivity index (χ2v) is 6.45. The molecule has 0 aliphatic carbocycles. The van der Waals surface area contributed by atoms with Gasteiger partial charge in [-0.25, -0.2) is 4.68 Å². The van der Waals surface area contributed by atoms with Gasteiger partial charge in [-0.05, 0) is 32.9 Å².